The molecule has 1 aliphatic rings. The van der Waals surface area contributed by atoms with Crippen molar-refractivity contribution in [3.8, 4) is 0 Å². The van der Waals surface area contributed by atoms with Gasteiger partial charge in [-0.25, -0.2) is 0 Å². The van der Waals surface area contributed by atoms with Crippen molar-refractivity contribution in [3.63, 3.8) is 0 Å². The number of ether oxygens (including phenoxy) is 1. The molecule has 1 aliphatic heterocycles. The quantitative estimate of drug-likeness (QED) is 0.497. The first-order valence-electron chi connectivity index (χ1n) is 8.13. The zero-order valence-electron chi connectivity index (χ0n) is 14.2. The van der Waals surface area contributed by atoms with Crippen LogP contribution in [0.5, 0.6) is 0 Å². The number of hydrogen-bond donors (Lipinski definition) is 1. The molecule has 0 unspecified atom stereocenters. The molecule has 0 aromatic heterocycles. The van der Waals surface area contributed by atoms with Gasteiger partial charge in [-0.3, -0.25) is 9.59 Å². The van der Waals surface area contributed by atoms with E-state index in [1.165, 1.54) is 12.0 Å². The largest absolute Gasteiger partial charge is 0.507 e. The Kier molecular flexibility index (Phi) is 5.40. The molecule has 0 aliphatic carbocycles. The summed E-state index contributed by atoms with van der Waals surface area (Å²) >= 11 is 5.96. The monoisotopic (exact) mass is 371 g/mol. The lowest BCUT2D eigenvalue weighted by Gasteiger charge is -2.25. The lowest BCUT2D eigenvalue weighted by atomic mass is 9.95. The summed E-state index contributed by atoms with van der Waals surface area (Å²) in [6.07, 6.45) is 0. The van der Waals surface area contributed by atoms with Crippen LogP contribution in [0.1, 0.15) is 17.2 Å². The number of aliphatic hydroxyl groups is 1. The molecule has 1 fully saturated rings. The standard InChI is InChI=1S/C20H18ClNO4/c1-26-12-11-22-17(13-7-9-15(21)10-8-13)16(19(24)20(22)25)18(23)14-5-3-2-4-6-14/h2-10,17,23H,11-12H2,1H3/t17-/m1/s1. The third-order valence-electron chi connectivity index (χ3n) is 4.31. The molecule has 0 spiro atoms. The van der Waals surface area contributed by atoms with Crippen molar-refractivity contribution in [1.82, 2.24) is 4.90 Å². The van der Waals surface area contributed by atoms with Gasteiger partial charge in [-0.1, -0.05) is 54.1 Å². The Balaban J connectivity index is 2.15. The first kappa shape index (κ1) is 18.2. The Bertz CT molecular complexity index is 846. The maximum atomic E-state index is 12.7. The molecule has 1 atom stereocenters. The van der Waals surface area contributed by atoms with Crippen molar-refractivity contribution >= 4 is 29.1 Å². The fourth-order valence-corrected chi connectivity index (χ4v) is 3.17. The van der Waals surface area contributed by atoms with Crippen LogP contribution in [0.4, 0.5) is 0 Å². The Morgan fingerprint density at radius 3 is 2.38 bits per heavy atom. The number of carbonyl (C=O) groups is 2. The number of likely N-dealkylation sites (tertiary alicyclic amines) is 1. The van der Waals surface area contributed by atoms with Crippen LogP contribution < -0.4 is 0 Å². The first-order chi connectivity index (χ1) is 12.5. The van der Waals surface area contributed by atoms with E-state index >= 15 is 0 Å². The van der Waals surface area contributed by atoms with E-state index in [1.807, 2.05) is 6.07 Å². The molecular weight excluding hydrogens is 354 g/mol. The van der Waals surface area contributed by atoms with Crippen LogP contribution in [0, 0.1) is 0 Å². The molecule has 2 aromatic rings. The van der Waals surface area contributed by atoms with Gasteiger partial charge in [0.1, 0.15) is 5.76 Å². The average molecular weight is 372 g/mol. The molecule has 1 heterocycles. The smallest absolute Gasteiger partial charge is 0.295 e. The van der Waals surface area contributed by atoms with Gasteiger partial charge < -0.3 is 14.7 Å². The van der Waals surface area contributed by atoms with Gasteiger partial charge in [-0.05, 0) is 17.7 Å². The Morgan fingerprint density at radius 1 is 1.12 bits per heavy atom. The molecule has 6 heteroatoms. The van der Waals surface area contributed by atoms with Crippen molar-refractivity contribution in [2.24, 2.45) is 0 Å². The highest BCUT2D eigenvalue weighted by atomic mass is 35.5. The summed E-state index contributed by atoms with van der Waals surface area (Å²) in [4.78, 5) is 26.6. The van der Waals surface area contributed by atoms with Gasteiger partial charge >= 0.3 is 0 Å². The van der Waals surface area contributed by atoms with Crippen molar-refractivity contribution in [1.29, 1.82) is 0 Å². The molecule has 0 saturated carbocycles. The molecule has 26 heavy (non-hydrogen) atoms. The molecule has 3 rings (SSSR count). The first-order valence-corrected chi connectivity index (χ1v) is 8.50. The van der Waals surface area contributed by atoms with Crippen LogP contribution >= 0.6 is 11.6 Å². The Hall–Kier alpha value is -2.63. The molecule has 1 saturated heterocycles. The van der Waals surface area contributed by atoms with E-state index in [2.05, 4.69) is 0 Å². The normalized spacial score (nSPS) is 19.2. The second-order valence-corrected chi connectivity index (χ2v) is 6.34. The SMILES string of the molecule is COCCN1C(=O)C(=O)C(=C(O)c2ccccc2)[C@H]1c1ccc(Cl)cc1. The minimum Gasteiger partial charge on any atom is -0.507 e. The summed E-state index contributed by atoms with van der Waals surface area (Å²) in [5, 5.41) is 11.3. The second-order valence-electron chi connectivity index (χ2n) is 5.90. The summed E-state index contributed by atoms with van der Waals surface area (Å²) in [7, 11) is 1.53. The van der Waals surface area contributed by atoms with Gasteiger partial charge in [0, 0.05) is 24.2 Å². The van der Waals surface area contributed by atoms with E-state index in [1.54, 1.807) is 48.5 Å². The summed E-state index contributed by atoms with van der Waals surface area (Å²) in [6.45, 7) is 0.516. The predicted octanol–water partition coefficient (Wildman–Crippen LogP) is 3.41. The maximum Gasteiger partial charge on any atom is 0.295 e. The number of amides is 1. The average Bonchev–Trinajstić information content (AvgIpc) is 2.91. The zero-order valence-corrected chi connectivity index (χ0v) is 14.9. The molecular formula is C20H18ClNO4. The van der Waals surface area contributed by atoms with E-state index in [0.717, 1.165) is 0 Å². The summed E-state index contributed by atoms with van der Waals surface area (Å²) in [5.41, 5.74) is 1.25. The van der Waals surface area contributed by atoms with Gasteiger partial charge in [0.15, 0.2) is 0 Å². The zero-order chi connectivity index (χ0) is 18.7. The van der Waals surface area contributed by atoms with Crippen LogP contribution in [-0.4, -0.2) is 42.0 Å². The number of hydrogen-bond acceptors (Lipinski definition) is 4. The number of rotatable bonds is 5. The van der Waals surface area contributed by atoms with Gasteiger partial charge in [-0.15, -0.1) is 0 Å². The number of Topliss-reactive ketones (excluding diaryl/α,β-unsaturated/α-hetero) is 1. The summed E-state index contributed by atoms with van der Waals surface area (Å²) in [6, 6.07) is 14.9. The third kappa shape index (κ3) is 3.36. The minimum absolute atomic E-state index is 0.0691. The van der Waals surface area contributed by atoms with Crippen molar-refractivity contribution in [2.75, 3.05) is 20.3 Å². The van der Waals surface area contributed by atoms with Crippen LogP contribution in [-0.2, 0) is 14.3 Å². The highest BCUT2D eigenvalue weighted by Gasteiger charge is 2.45. The number of benzene rings is 2. The number of nitrogens with zero attached hydrogens (tertiary/aromatic N) is 1. The third-order valence-corrected chi connectivity index (χ3v) is 4.56. The molecule has 0 bridgehead atoms. The predicted molar refractivity (Wildman–Crippen MR) is 98.8 cm³/mol. The minimum atomic E-state index is -0.706. The van der Waals surface area contributed by atoms with E-state index in [-0.39, 0.29) is 24.5 Å². The summed E-state index contributed by atoms with van der Waals surface area (Å²) in [5.74, 6) is -1.55. The lowest BCUT2D eigenvalue weighted by molar-refractivity contribution is -0.140. The fourth-order valence-electron chi connectivity index (χ4n) is 3.04. The van der Waals surface area contributed by atoms with E-state index in [4.69, 9.17) is 16.3 Å². The molecule has 134 valence electrons. The highest BCUT2D eigenvalue weighted by molar-refractivity contribution is 6.46. The van der Waals surface area contributed by atoms with E-state index < -0.39 is 17.7 Å². The van der Waals surface area contributed by atoms with Crippen molar-refractivity contribution < 1.29 is 19.4 Å². The van der Waals surface area contributed by atoms with Crippen LogP contribution in [0.3, 0.4) is 0 Å². The van der Waals surface area contributed by atoms with Crippen LogP contribution in [0.2, 0.25) is 5.02 Å². The lowest BCUT2D eigenvalue weighted by Crippen LogP contribution is -2.32. The van der Waals surface area contributed by atoms with E-state index in [0.29, 0.717) is 16.1 Å². The number of halogens is 1. The number of carbonyl (C=O) groups excluding carboxylic acids is 2. The van der Waals surface area contributed by atoms with Crippen molar-refractivity contribution in [3.05, 3.63) is 76.3 Å². The fraction of sp³-hybridized carbons (Fsp3) is 0.200. The number of methoxy groups -OCH3 is 1. The van der Waals surface area contributed by atoms with Crippen LogP contribution in [0.25, 0.3) is 5.76 Å². The topological polar surface area (TPSA) is 66.8 Å². The molecule has 0 radical (unpaired) electrons. The van der Waals surface area contributed by atoms with Crippen LogP contribution in [0.15, 0.2) is 60.2 Å². The number of ketones is 1. The van der Waals surface area contributed by atoms with Crippen molar-refractivity contribution in [2.45, 2.75) is 6.04 Å². The number of aliphatic hydroxyl groups excluding tert-OH is 1. The molecule has 5 nitrogen and oxygen atoms in total. The van der Waals surface area contributed by atoms with Gasteiger partial charge in [0.2, 0.25) is 0 Å². The van der Waals surface area contributed by atoms with Gasteiger partial charge in [-0.2, -0.15) is 0 Å². The maximum absolute atomic E-state index is 12.7. The van der Waals surface area contributed by atoms with Gasteiger partial charge in [0.25, 0.3) is 11.7 Å². The Labute approximate surface area is 156 Å². The van der Waals surface area contributed by atoms with E-state index in [9.17, 15) is 14.7 Å². The highest BCUT2D eigenvalue weighted by Crippen LogP contribution is 2.39. The second kappa shape index (κ2) is 7.72. The molecule has 1 amide bonds. The summed E-state index contributed by atoms with van der Waals surface area (Å²) < 4.78 is 5.07. The molecule has 1 N–H and O–H groups in total. The van der Waals surface area contributed by atoms with Gasteiger partial charge in [0.05, 0.1) is 18.2 Å². The molecule has 2 aromatic carbocycles. The Morgan fingerprint density at radius 2 is 1.77 bits per heavy atom.